The van der Waals surface area contributed by atoms with Crippen LogP contribution in [0.3, 0.4) is 0 Å². The van der Waals surface area contributed by atoms with Gasteiger partial charge in [-0.15, -0.1) is 11.6 Å². The van der Waals surface area contributed by atoms with Gasteiger partial charge in [-0.25, -0.2) is 32.3 Å². The molecule has 3 heterocycles. The zero-order valence-electron chi connectivity index (χ0n) is 17.9. The second-order valence-electron chi connectivity index (χ2n) is 7.30. The summed E-state index contributed by atoms with van der Waals surface area (Å²) in [5.74, 6) is 0.0164. The minimum atomic E-state index is -4.05. The molecule has 0 saturated carbocycles. The van der Waals surface area contributed by atoms with Crippen molar-refractivity contribution in [2.45, 2.75) is 11.1 Å². The molecule has 1 aliphatic heterocycles. The van der Waals surface area contributed by atoms with Gasteiger partial charge in [-0.3, -0.25) is 4.79 Å². The molecule has 35 heavy (non-hydrogen) atoms. The molecule has 1 unspecified atom stereocenters. The highest BCUT2D eigenvalue weighted by molar-refractivity contribution is 8.19. The molecule has 0 saturated heterocycles. The van der Waals surface area contributed by atoms with E-state index in [1.807, 2.05) is 4.72 Å². The molecule has 0 radical (unpaired) electrons. The van der Waals surface area contributed by atoms with Crippen LogP contribution in [0.25, 0.3) is 16.7 Å². The summed E-state index contributed by atoms with van der Waals surface area (Å²) >= 11 is 6.82. The fraction of sp³-hybridized carbons (Fsp3) is 0.200. The average molecular weight is 538 g/mol. The molecule has 0 bridgehead atoms. The Bertz CT molecular complexity index is 1530. The highest BCUT2D eigenvalue weighted by atomic mass is 35.5. The number of amides is 2. The van der Waals surface area contributed by atoms with Gasteiger partial charge >= 0.3 is 11.7 Å². The number of halogens is 1. The Labute approximate surface area is 208 Å². The average Bonchev–Trinajstić information content (AvgIpc) is 3.25. The predicted octanol–water partition coefficient (Wildman–Crippen LogP) is 1.44. The van der Waals surface area contributed by atoms with Crippen LogP contribution < -0.4 is 32.3 Å². The number of alkyl halides is 1. The molecule has 1 aromatic carbocycles. The number of carbonyl (C=O) groups excluding carboxylic acids is 1. The zero-order chi connectivity index (χ0) is 25.2. The Balaban J connectivity index is 1.52. The number of nitrogens with one attached hydrogen (secondary N) is 4. The van der Waals surface area contributed by atoms with Crippen LogP contribution in [0.4, 0.5) is 16.2 Å². The minimum Gasteiger partial charge on any atom is -0.384 e. The van der Waals surface area contributed by atoms with E-state index in [0.29, 0.717) is 30.7 Å². The van der Waals surface area contributed by atoms with Gasteiger partial charge in [-0.2, -0.15) is 0 Å². The summed E-state index contributed by atoms with van der Waals surface area (Å²) in [4.78, 5) is 44.4. The predicted molar refractivity (Wildman–Crippen MR) is 137 cm³/mol. The van der Waals surface area contributed by atoms with E-state index >= 15 is 0 Å². The van der Waals surface area contributed by atoms with Crippen molar-refractivity contribution >= 4 is 61.7 Å². The monoisotopic (exact) mass is 537 g/mol. The lowest BCUT2D eigenvalue weighted by molar-refractivity contribution is 0.256. The van der Waals surface area contributed by atoms with Crippen LogP contribution in [0.2, 0.25) is 0 Å². The first-order valence-corrected chi connectivity index (χ1v) is 13.0. The standard InChI is InChI=1S/C20H20ClN7O5S2/c21-15-4-6-17(34-15)35(32,33)27-19(30)25-12-2-5-16(24-10-12)28-18(29)13-3-1-11(23-8-7-22)9-14(13)26-20(28)31/h1-3,5-6,9-10,15,23H,4,7-8,22H2,(H,26,31)(H2,25,27,30). The maximum absolute atomic E-state index is 12.9. The van der Waals surface area contributed by atoms with Crippen molar-refractivity contribution in [3.05, 3.63) is 67.7 Å². The molecule has 0 spiro atoms. The number of allylic oxidation sites excluding steroid dienone is 1. The van der Waals surface area contributed by atoms with E-state index < -0.39 is 32.0 Å². The number of anilines is 2. The second kappa shape index (κ2) is 10.1. The van der Waals surface area contributed by atoms with E-state index in [4.69, 9.17) is 17.3 Å². The van der Waals surface area contributed by atoms with Gasteiger partial charge in [0.25, 0.3) is 15.6 Å². The lowest BCUT2D eigenvalue weighted by atomic mass is 10.2. The third kappa shape index (κ3) is 5.51. The fourth-order valence-electron chi connectivity index (χ4n) is 3.26. The summed E-state index contributed by atoms with van der Waals surface area (Å²) in [6, 6.07) is 6.63. The second-order valence-corrected chi connectivity index (χ2v) is 11.2. The number of fused-ring (bicyclic) bond motifs is 1. The molecule has 0 aliphatic carbocycles. The van der Waals surface area contributed by atoms with Crippen molar-refractivity contribution in [3.63, 3.8) is 0 Å². The molecular formula is C20H20ClN7O5S2. The summed E-state index contributed by atoms with van der Waals surface area (Å²) in [6.45, 7) is 0.960. The molecule has 1 aliphatic rings. The maximum Gasteiger partial charge on any atom is 0.334 e. The number of urea groups is 1. The van der Waals surface area contributed by atoms with Crippen molar-refractivity contribution in [3.8, 4) is 5.82 Å². The minimum absolute atomic E-state index is 0.0164. The third-order valence-corrected chi connectivity index (χ3v) is 8.20. The summed E-state index contributed by atoms with van der Waals surface area (Å²) in [5.41, 5.74) is 5.40. The first kappa shape index (κ1) is 24.8. The molecule has 12 nitrogen and oxygen atoms in total. The van der Waals surface area contributed by atoms with Crippen LogP contribution in [0.15, 0.2) is 56.4 Å². The molecule has 0 fully saturated rings. The first-order chi connectivity index (χ1) is 16.7. The molecule has 4 rings (SSSR count). The number of benzene rings is 1. The van der Waals surface area contributed by atoms with Crippen molar-refractivity contribution < 1.29 is 13.2 Å². The Kier molecular flexibility index (Phi) is 7.16. The Morgan fingerprint density at radius 3 is 2.69 bits per heavy atom. The topological polar surface area (TPSA) is 181 Å². The van der Waals surface area contributed by atoms with Crippen LogP contribution >= 0.6 is 23.4 Å². The number of hydrogen-bond donors (Lipinski definition) is 5. The van der Waals surface area contributed by atoms with Gasteiger partial charge in [0.1, 0.15) is 10.1 Å². The molecule has 2 aromatic heterocycles. The SMILES string of the molecule is NCCNc1ccc2c(=O)n(-c3ccc(NC(=O)NS(=O)(=O)C4=CCC(Cl)S4)cn3)c(=O)[nH]c2c1. The van der Waals surface area contributed by atoms with Crippen LogP contribution in [0.5, 0.6) is 0 Å². The summed E-state index contributed by atoms with van der Waals surface area (Å²) < 4.78 is 26.8. The zero-order valence-corrected chi connectivity index (χ0v) is 20.3. The number of carbonyl (C=O) groups is 1. The van der Waals surface area contributed by atoms with E-state index in [9.17, 15) is 22.8 Å². The maximum atomic E-state index is 12.9. The quantitative estimate of drug-likeness (QED) is 0.278. The van der Waals surface area contributed by atoms with E-state index in [2.05, 4.69) is 20.6 Å². The van der Waals surface area contributed by atoms with Crippen LogP contribution in [-0.4, -0.2) is 46.8 Å². The van der Waals surface area contributed by atoms with Gasteiger partial charge in [-0.1, -0.05) is 17.8 Å². The number of sulfonamides is 1. The Morgan fingerprint density at radius 2 is 2.03 bits per heavy atom. The molecule has 184 valence electrons. The number of thioether (sulfide) groups is 1. The molecule has 1 atom stereocenters. The van der Waals surface area contributed by atoms with Gasteiger partial charge in [0, 0.05) is 18.8 Å². The number of rotatable bonds is 7. The van der Waals surface area contributed by atoms with Crippen LogP contribution in [0.1, 0.15) is 6.42 Å². The van der Waals surface area contributed by atoms with Gasteiger partial charge in [-0.05, 0) is 36.8 Å². The summed E-state index contributed by atoms with van der Waals surface area (Å²) in [7, 11) is -4.05. The Morgan fingerprint density at radius 1 is 1.26 bits per heavy atom. The lowest BCUT2D eigenvalue weighted by Crippen LogP contribution is -2.35. The fourth-order valence-corrected chi connectivity index (χ4v) is 6.12. The number of aromatic amines is 1. The van der Waals surface area contributed by atoms with E-state index in [0.717, 1.165) is 16.3 Å². The van der Waals surface area contributed by atoms with E-state index in [1.54, 1.807) is 18.2 Å². The number of nitrogens with zero attached hydrogens (tertiary/aromatic N) is 2. The summed E-state index contributed by atoms with van der Waals surface area (Å²) in [5, 5.41) is 5.69. The molecule has 2 amide bonds. The molecule has 3 aromatic rings. The normalized spacial score (nSPS) is 15.6. The van der Waals surface area contributed by atoms with Gasteiger partial charge in [0.2, 0.25) is 0 Å². The van der Waals surface area contributed by atoms with Crippen molar-refractivity contribution in [1.82, 2.24) is 19.3 Å². The number of pyridine rings is 1. The number of hydrogen-bond acceptors (Lipinski definition) is 9. The van der Waals surface area contributed by atoms with Gasteiger partial charge in [0.15, 0.2) is 0 Å². The third-order valence-electron chi connectivity index (χ3n) is 4.81. The largest absolute Gasteiger partial charge is 0.384 e. The van der Waals surface area contributed by atoms with E-state index in [1.165, 1.54) is 24.4 Å². The molecule has 15 heteroatoms. The van der Waals surface area contributed by atoms with Crippen LogP contribution in [0, 0.1) is 0 Å². The molecule has 6 N–H and O–H groups in total. The van der Waals surface area contributed by atoms with Crippen molar-refractivity contribution in [1.29, 1.82) is 0 Å². The Hall–Kier alpha value is -3.33. The van der Waals surface area contributed by atoms with Gasteiger partial charge < -0.3 is 21.4 Å². The highest BCUT2D eigenvalue weighted by Gasteiger charge is 2.27. The lowest BCUT2D eigenvalue weighted by Gasteiger charge is -2.10. The van der Waals surface area contributed by atoms with Crippen molar-refractivity contribution in [2.75, 3.05) is 23.7 Å². The molecular weight excluding hydrogens is 518 g/mol. The summed E-state index contributed by atoms with van der Waals surface area (Å²) in [6.07, 6.45) is 3.00. The van der Waals surface area contributed by atoms with E-state index in [-0.39, 0.29) is 21.1 Å². The van der Waals surface area contributed by atoms with Gasteiger partial charge in [0.05, 0.1) is 27.5 Å². The highest BCUT2D eigenvalue weighted by Crippen LogP contribution is 2.37. The number of H-pyrrole nitrogens is 1. The number of nitrogens with two attached hydrogens (primary N) is 1. The number of aromatic nitrogens is 3. The first-order valence-electron chi connectivity index (χ1n) is 10.2. The smallest absolute Gasteiger partial charge is 0.334 e. The van der Waals surface area contributed by atoms with Crippen molar-refractivity contribution in [2.24, 2.45) is 5.73 Å². The van der Waals surface area contributed by atoms with Crippen LogP contribution in [-0.2, 0) is 10.0 Å².